The van der Waals surface area contributed by atoms with Crippen LogP contribution in [0.4, 0.5) is 6.01 Å². The summed E-state index contributed by atoms with van der Waals surface area (Å²) in [7, 11) is 0. The van der Waals surface area contributed by atoms with Crippen molar-refractivity contribution in [1.29, 1.82) is 0 Å². The molecule has 1 aromatic carbocycles. The third kappa shape index (κ3) is 2.97. The Morgan fingerprint density at radius 3 is 2.87 bits per heavy atom. The third-order valence-corrected chi connectivity index (χ3v) is 4.26. The van der Waals surface area contributed by atoms with Gasteiger partial charge >= 0.3 is 6.01 Å². The van der Waals surface area contributed by atoms with Gasteiger partial charge in [-0.05, 0) is 31.2 Å². The Labute approximate surface area is 134 Å². The molecule has 6 heteroatoms. The molecule has 2 heterocycles. The van der Waals surface area contributed by atoms with Crippen LogP contribution in [0.3, 0.4) is 0 Å². The highest BCUT2D eigenvalue weighted by atomic mass is 16.5. The number of rotatable bonds is 4. The summed E-state index contributed by atoms with van der Waals surface area (Å²) in [5.74, 6) is 0.592. The summed E-state index contributed by atoms with van der Waals surface area (Å²) in [4.78, 5) is 4.38. The Morgan fingerprint density at radius 1 is 1.09 bits per heavy atom. The largest absolute Gasteiger partial charge is 0.332 e. The lowest BCUT2D eigenvalue weighted by atomic mass is 10.1. The number of hydrogen-bond acceptors (Lipinski definition) is 5. The van der Waals surface area contributed by atoms with Gasteiger partial charge in [0.15, 0.2) is 0 Å². The highest BCUT2D eigenvalue weighted by molar-refractivity contribution is 5.54. The molecule has 0 saturated heterocycles. The lowest BCUT2D eigenvalue weighted by molar-refractivity contribution is 0.431. The second-order valence-electron chi connectivity index (χ2n) is 5.83. The van der Waals surface area contributed by atoms with E-state index in [0.29, 0.717) is 18.4 Å². The van der Waals surface area contributed by atoms with Gasteiger partial charge in [-0.15, -0.1) is 0 Å². The minimum absolute atomic E-state index is 0.425. The number of anilines is 1. The fourth-order valence-electron chi connectivity index (χ4n) is 3.03. The van der Waals surface area contributed by atoms with Crippen molar-refractivity contribution in [3.8, 4) is 11.4 Å². The van der Waals surface area contributed by atoms with Gasteiger partial charge in [0.1, 0.15) is 0 Å². The zero-order chi connectivity index (χ0) is 15.5. The molecule has 2 N–H and O–H groups in total. The van der Waals surface area contributed by atoms with Crippen LogP contribution >= 0.6 is 0 Å². The molecule has 6 nitrogen and oxygen atoms in total. The Kier molecular flexibility index (Phi) is 3.80. The number of hydrogen-bond donors (Lipinski definition) is 2. The van der Waals surface area contributed by atoms with Gasteiger partial charge in [0.25, 0.3) is 0 Å². The molecule has 0 radical (unpaired) electrons. The van der Waals surface area contributed by atoms with Gasteiger partial charge in [0, 0.05) is 11.3 Å². The van der Waals surface area contributed by atoms with E-state index in [0.717, 1.165) is 24.1 Å². The minimum Gasteiger partial charge on any atom is -0.332 e. The van der Waals surface area contributed by atoms with Crippen molar-refractivity contribution in [2.24, 2.45) is 0 Å². The topological polar surface area (TPSA) is 79.6 Å². The van der Waals surface area contributed by atoms with Crippen molar-refractivity contribution in [2.75, 3.05) is 5.32 Å². The third-order valence-electron chi connectivity index (χ3n) is 4.26. The normalized spacial score (nSPS) is 14.3. The van der Waals surface area contributed by atoms with Gasteiger partial charge in [-0.2, -0.15) is 10.1 Å². The van der Waals surface area contributed by atoms with Gasteiger partial charge < -0.3 is 9.84 Å². The molecule has 0 aliphatic heterocycles. The van der Waals surface area contributed by atoms with Gasteiger partial charge in [0.2, 0.25) is 5.82 Å². The Balaban J connectivity index is 1.46. The van der Waals surface area contributed by atoms with Gasteiger partial charge in [-0.1, -0.05) is 41.9 Å². The van der Waals surface area contributed by atoms with E-state index < -0.39 is 0 Å². The molecule has 0 spiro atoms. The molecular weight excluding hydrogens is 290 g/mol. The predicted molar refractivity (Wildman–Crippen MR) is 86.9 cm³/mol. The average molecular weight is 309 g/mol. The Hall–Kier alpha value is -2.63. The number of nitrogens with one attached hydrogen (secondary N) is 2. The first-order valence-electron chi connectivity index (χ1n) is 8.08. The molecule has 0 unspecified atom stereocenters. The van der Waals surface area contributed by atoms with E-state index in [4.69, 9.17) is 4.52 Å². The lowest BCUT2D eigenvalue weighted by Crippen LogP contribution is -2.03. The van der Waals surface area contributed by atoms with Crippen LogP contribution < -0.4 is 5.32 Å². The monoisotopic (exact) mass is 309 g/mol. The fraction of sp³-hybridized carbons (Fsp3) is 0.353. The van der Waals surface area contributed by atoms with Crippen molar-refractivity contribution >= 4 is 6.01 Å². The van der Waals surface area contributed by atoms with E-state index >= 15 is 0 Å². The van der Waals surface area contributed by atoms with E-state index in [1.165, 1.54) is 30.5 Å². The maximum Gasteiger partial charge on any atom is 0.322 e. The van der Waals surface area contributed by atoms with Crippen molar-refractivity contribution < 1.29 is 4.52 Å². The molecule has 0 atom stereocenters. The zero-order valence-electron chi connectivity index (χ0n) is 12.9. The van der Waals surface area contributed by atoms with Crippen LogP contribution in [0.5, 0.6) is 0 Å². The van der Waals surface area contributed by atoms with Crippen LogP contribution in [0.1, 0.15) is 36.2 Å². The van der Waals surface area contributed by atoms with Gasteiger partial charge in [0.05, 0.1) is 12.2 Å². The molecule has 1 aliphatic rings. The van der Waals surface area contributed by atoms with E-state index in [9.17, 15) is 0 Å². The number of aromatic amines is 1. The van der Waals surface area contributed by atoms with E-state index in [1.54, 1.807) is 0 Å². The minimum atomic E-state index is 0.425. The standard InChI is InChI=1S/C17H19N5O/c1-3-7-12(8-4-1)16-19-17(23-22-16)18-11-15-13-9-5-2-6-10-14(13)20-21-15/h1,3-4,7-8H,2,5-6,9-11H2,(H,20,21)(H,18,19,22). The van der Waals surface area contributed by atoms with E-state index in [-0.39, 0.29) is 0 Å². The van der Waals surface area contributed by atoms with Crippen molar-refractivity contribution in [3.05, 3.63) is 47.3 Å². The number of H-pyrrole nitrogens is 1. The van der Waals surface area contributed by atoms with Crippen molar-refractivity contribution in [2.45, 2.75) is 38.6 Å². The maximum absolute atomic E-state index is 5.28. The summed E-state index contributed by atoms with van der Waals surface area (Å²) in [5.41, 5.74) is 4.65. The molecule has 118 valence electrons. The lowest BCUT2D eigenvalue weighted by Gasteiger charge is -2.02. The van der Waals surface area contributed by atoms with Crippen LogP contribution in [-0.2, 0) is 19.4 Å². The predicted octanol–water partition coefficient (Wildman–Crippen LogP) is 3.34. The molecule has 0 bridgehead atoms. The van der Waals surface area contributed by atoms with Crippen molar-refractivity contribution in [1.82, 2.24) is 20.3 Å². The second-order valence-corrected chi connectivity index (χ2v) is 5.83. The highest BCUT2D eigenvalue weighted by Crippen LogP contribution is 2.22. The molecule has 2 aromatic heterocycles. The first kappa shape index (κ1) is 14.0. The van der Waals surface area contributed by atoms with E-state index in [1.807, 2.05) is 30.3 Å². The van der Waals surface area contributed by atoms with Crippen molar-refractivity contribution in [3.63, 3.8) is 0 Å². The summed E-state index contributed by atoms with van der Waals surface area (Å²) in [6.45, 7) is 0.599. The molecule has 0 fully saturated rings. The SMILES string of the molecule is c1ccc(-c2noc(NCc3n[nH]c4c3CCCCC4)n2)cc1. The molecule has 23 heavy (non-hydrogen) atoms. The maximum atomic E-state index is 5.28. The number of fused-ring (bicyclic) bond motifs is 1. The van der Waals surface area contributed by atoms with Crippen LogP contribution in [0.25, 0.3) is 11.4 Å². The number of aryl methyl sites for hydroxylation is 1. The molecule has 0 amide bonds. The Morgan fingerprint density at radius 2 is 1.96 bits per heavy atom. The molecule has 1 aliphatic carbocycles. The van der Waals surface area contributed by atoms with Crippen LogP contribution in [0, 0.1) is 0 Å². The van der Waals surface area contributed by atoms with E-state index in [2.05, 4.69) is 25.7 Å². The first-order chi connectivity index (χ1) is 11.4. The highest BCUT2D eigenvalue weighted by Gasteiger charge is 2.16. The number of aromatic nitrogens is 4. The summed E-state index contributed by atoms with van der Waals surface area (Å²) < 4.78 is 5.28. The Bertz CT molecular complexity index is 777. The summed E-state index contributed by atoms with van der Waals surface area (Å²) in [6.07, 6.45) is 5.97. The first-order valence-corrected chi connectivity index (χ1v) is 8.08. The number of nitrogens with zero attached hydrogens (tertiary/aromatic N) is 3. The molecule has 0 saturated carbocycles. The smallest absolute Gasteiger partial charge is 0.322 e. The summed E-state index contributed by atoms with van der Waals surface area (Å²) in [6, 6.07) is 10.2. The van der Waals surface area contributed by atoms with Gasteiger partial charge in [-0.3, -0.25) is 5.10 Å². The average Bonchev–Trinajstić information content (AvgIpc) is 3.15. The number of benzene rings is 1. The fourth-order valence-corrected chi connectivity index (χ4v) is 3.03. The van der Waals surface area contributed by atoms with Crippen LogP contribution in [0.2, 0.25) is 0 Å². The quantitative estimate of drug-likeness (QED) is 0.723. The van der Waals surface area contributed by atoms with Crippen LogP contribution in [0.15, 0.2) is 34.9 Å². The van der Waals surface area contributed by atoms with Gasteiger partial charge in [-0.25, -0.2) is 0 Å². The summed E-state index contributed by atoms with van der Waals surface area (Å²) in [5, 5.41) is 14.8. The zero-order valence-corrected chi connectivity index (χ0v) is 12.9. The van der Waals surface area contributed by atoms with Crippen LogP contribution in [-0.4, -0.2) is 20.3 Å². The second kappa shape index (κ2) is 6.24. The molecule has 3 aromatic rings. The molecular formula is C17H19N5O. The molecule has 4 rings (SSSR count). The summed E-state index contributed by atoms with van der Waals surface area (Å²) >= 11 is 0.